The maximum Gasteiger partial charge on any atom is 0.232 e. The Morgan fingerprint density at radius 3 is 2.79 bits per heavy atom. The first-order chi connectivity index (χ1) is 6.79. The second kappa shape index (κ2) is 3.67. The Balaban J connectivity index is 2.37. The van der Waals surface area contributed by atoms with Gasteiger partial charge in [0.15, 0.2) is 0 Å². The molecule has 72 valence electrons. The minimum Gasteiger partial charge on any atom is -0.316 e. The van der Waals surface area contributed by atoms with Crippen LogP contribution in [-0.4, -0.2) is 21.8 Å². The van der Waals surface area contributed by atoms with Crippen LogP contribution in [0.3, 0.4) is 0 Å². The third-order valence-corrected chi connectivity index (χ3v) is 2.46. The first kappa shape index (κ1) is 9.01. The largest absolute Gasteiger partial charge is 0.316 e. The van der Waals surface area contributed by atoms with Gasteiger partial charge < -0.3 is 4.90 Å². The van der Waals surface area contributed by atoms with E-state index in [2.05, 4.69) is 14.8 Å². The third-order valence-electron chi connectivity index (χ3n) is 1.79. The molecule has 1 heterocycles. The van der Waals surface area contributed by atoms with Crippen LogP contribution in [0.2, 0.25) is 0 Å². The van der Waals surface area contributed by atoms with Crippen molar-refractivity contribution in [2.45, 2.75) is 0 Å². The Bertz CT molecular complexity index is 417. The standard InChI is InChI=1S/C8H7FN4S/c1-13(8-10-11-12-14-8)7-5-3-2-4-6(7)9/h2-5H,1H3. The minimum absolute atomic E-state index is 0.287. The number of anilines is 2. The van der Waals surface area contributed by atoms with Crippen LogP contribution in [0.25, 0.3) is 0 Å². The summed E-state index contributed by atoms with van der Waals surface area (Å²) >= 11 is 1.12. The van der Waals surface area contributed by atoms with Crippen LogP contribution in [0.5, 0.6) is 0 Å². The van der Waals surface area contributed by atoms with Gasteiger partial charge >= 0.3 is 0 Å². The van der Waals surface area contributed by atoms with Gasteiger partial charge in [-0.1, -0.05) is 21.7 Å². The molecule has 1 aromatic heterocycles. The van der Waals surface area contributed by atoms with Crippen molar-refractivity contribution in [2.75, 3.05) is 11.9 Å². The molecule has 2 aromatic rings. The zero-order valence-electron chi connectivity index (χ0n) is 7.38. The van der Waals surface area contributed by atoms with Crippen molar-refractivity contribution in [3.05, 3.63) is 30.1 Å². The van der Waals surface area contributed by atoms with Crippen LogP contribution in [-0.2, 0) is 0 Å². The van der Waals surface area contributed by atoms with Crippen molar-refractivity contribution in [1.29, 1.82) is 0 Å². The van der Waals surface area contributed by atoms with E-state index in [1.165, 1.54) is 6.07 Å². The third kappa shape index (κ3) is 1.56. The summed E-state index contributed by atoms with van der Waals surface area (Å²) in [5, 5.41) is 7.77. The van der Waals surface area contributed by atoms with Crippen molar-refractivity contribution in [3.8, 4) is 0 Å². The summed E-state index contributed by atoms with van der Waals surface area (Å²) in [7, 11) is 1.72. The van der Waals surface area contributed by atoms with Gasteiger partial charge in [0, 0.05) is 18.6 Å². The van der Waals surface area contributed by atoms with Crippen molar-refractivity contribution < 1.29 is 4.39 Å². The number of para-hydroxylation sites is 1. The smallest absolute Gasteiger partial charge is 0.232 e. The number of hydrogen-bond donors (Lipinski definition) is 0. The van der Waals surface area contributed by atoms with Crippen LogP contribution >= 0.6 is 11.5 Å². The predicted molar refractivity (Wildman–Crippen MR) is 52.2 cm³/mol. The first-order valence-electron chi connectivity index (χ1n) is 3.92. The highest BCUT2D eigenvalue weighted by atomic mass is 32.1. The molecule has 0 aliphatic rings. The van der Waals surface area contributed by atoms with E-state index in [0.717, 1.165) is 11.5 Å². The number of benzene rings is 1. The van der Waals surface area contributed by atoms with Crippen molar-refractivity contribution in [1.82, 2.24) is 14.8 Å². The predicted octanol–water partition coefficient (Wildman–Crippen LogP) is 1.84. The average Bonchev–Trinajstić information content (AvgIpc) is 2.70. The van der Waals surface area contributed by atoms with Crippen molar-refractivity contribution >= 4 is 22.4 Å². The summed E-state index contributed by atoms with van der Waals surface area (Å²) in [6, 6.07) is 6.49. The summed E-state index contributed by atoms with van der Waals surface area (Å²) < 4.78 is 16.9. The summed E-state index contributed by atoms with van der Waals surface area (Å²) in [6.07, 6.45) is 0. The Kier molecular flexibility index (Phi) is 2.36. The van der Waals surface area contributed by atoms with Crippen LogP contribution in [0, 0.1) is 5.82 Å². The zero-order valence-corrected chi connectivity index (χ0v) is 8.20. The molecule has 0 aliphatic heterocycles. The lowest BCUT2D eigenvalue weighted by Gasteiger charge is -2.14. The molecule has 0 radical (unpaired) electrons. The van der Waals surface area contributed by atoms with Gasteiger partial charge in [0.1, 0.15) is 5.82 Å². The fraction of sp³-hybridized carbons (Fsp3) is 0.125. The molecule has 0 amide bonds. The molecule has 0 fully saturated rings. The maximum absolute atomic E-state index is 13.3. The molecule has 0 N–H and O–H groups in total. The second-order valence-corrected chi connectivity index (χ2v) is 3.37. The molecule has 0 aliphatic carbocycles. The molecule has 0 atom stereocenters. The van der Waals surface area contributed by atoms with E-state index in [-0.39, 0.29) is 5.82 Å². The van der Waals surface area contributed by atoms with Gasteiger partial charge in [-0.25, -0.2) is 4.39 Å². The van der Waals surface area contributed by atoms with E-state index < -0.39 is 0 Å². The van der Waals surface area contributed by atoms with Gasteiger partial charge in [-0.15, -0.1) is 0 Å². The van der Waals surface area contributed by atoms with E-state index in [0.29, 0.717) is 10.8 Å². The van der Waals surface area contributed by atoms with Crippen molar-refractivity contribution in [2.24, 2.45) is 0 Å². The van der Waals surface area contributed by atoms with Gasteiger partial charge in [0.25, 0.3) is 0 Å². The maximum atomic E-state index is 13.3. The van der Waals surface area contributed by atoms with Gasteiger partial charge in [-0.2, -0.15) is 0 Å². The summed E-state index contributed by atoms with van der Waals surface area (Å²) in [5.74, 6) is -0.287. The Morgan fingerprint density at radius 1 is 1.36 bits per heavy atom. The van der Waals surface area contributed by atoms with Crippen LogP contribution in [0.15, 0.2) is 24.3 Å². The molecule has 0 unspecified atom stereocenters. The van der Waals surface area contributed by atoms with Gasteiger partial charge in [-0.3, -0.25) is 0 Å². The molecule has 0 bridgehead atoms. The van der Waals surface area contributed by atoms with E-state index in [1.54, 1.807) is 30.1 Å². The highest BCUT2D eigenvalue weighted by Gasteiger charge is 2.11. The summed E-state index contributed by atoms with van der Waals surface area (Å²) in [6.45, 7) is 0. The molecule has 0 saturated heterocycles. The number of hydrogen-bond acceptors (Lipinski definition) is 5. The lowest BCUT2D eigenvalue weighted by atomic mass is 10.3. The van der Waals surface area contributed by atoms with Crippen LogP contribution < -0.4 is 4.90 Å². The molecule has 1 aromatic carbocycles. The zero-order chi connectivity index (χ0) is 9.97. The lowest BCUT2D eigenvalue weighted by Crippen LogP contribution is -2.10. The van der Waals surface area contributed by atoms with Gasteiger partial charge in [0.2, 0.25) is 5.13 Å². The molecular formula is C8H7FN4S. The number of nitrogens with zero attached hydrogens (tertiary/aromatic N) is 4. The van der Waals surface area contributed by atoms with Gasteiger partial charge in [0.05, 0.1) is 5.69 Å². The van der Waals surface area contributed by atoms with E-state index in [9.17, 15) is 4.39 Å². The number of halogens is 1. The second-order valence-electron chi connectivity index (χ2n) is 2.66. The molecule has 4 nitrogen and oxygen atoms in total. The lowest BCUT2D eigenvalue weighted by molar-refractivity contribution is 0.627. The summed E-state index contributed by atoms with van der Waals surface area (Å²) in [5.41, 5.74) is 0.464. The monoisotopic (exact) mass is 210 g/mol. The number of aromatic nitrogens is 3. The number of rotatable bonds is 2. The topological polar surface area (TPSA) is 41.9 Å². The molecule has 14 heavy (non-hydrogen) atoms. The first-order valence-corrected chi connectivity index (χ1v) is 4.69. The van der Waals surface area contributed by atoms with E-state index in [4.69, 9.17) is 0 Å². The quantitative estimate of drug-likeness (QED) is 0.758. The SMILES string of the molecule is CN(c1nnns1)c1ccccc1F. The van der Waals surface area contributed by atoms with E-state index >= 15 is 0 Å². The van der Waals surface area contributed by atoms with E-state index in [1.807, 2.05) is 0 Å². The molecular weight excluding hydrogens is 203 g/mol. The Hall–Kier alpha value is -1.56. The fourth-order valence-corrected chi connectivity index (χ4v) is 1.52. The van der Waals surface area contributed by atoms with Crippen molar-refractivity contribution in [3.63, 3.8) is 0 Å². The average molecular weight is 210 g/mol. The highest BCUT2D eigenvalue weighted by molar-refractivity contribution is 7.09. The van der Waals surface area contributed by atoms with Crippen LogP contribution in [0.1, 0.15) is 0 Å². The summed E-state index contributed by atoms with van der Waals surface area (Å²) in [4.78, 5) is 1.61. The molecule has 0 saturated carbocycles. The van der Waals surface area contributed by atoms with Gasteiger partial charge in [-0.05, 0) is 17.3 Å². The Morgan fingerprint density at radius 2 is 2.14 bits per heavy atom. The fourth-order valence-electron chi connectivity index (χ4n) is 1.08. The molecule has 6 heteroatoms. The highest BCUT2D eigenvalue weighted by Crippen LogP contribution is 2.25. The molecule has 0 spiro atoms. The Labute approximate surface area is 84.2 Å². The van der Waals surface area contributed by atoms with Crippen LogP contribution in [0.4, 0.5) is 15.2 Å². The minimum atomic E-state index is -0.287. The normalized spacial score (nSPS) is 10.1. The molecule has 2 rings (SSSR count).